The SMILES string of the molecule is COc1ccc(OC)c(C(C)N(c2ccc(OC)c(OC)c2)S(=O)(=O)c2ccc([N+](=O)[O-])cc2)c1. The molecule has 0 spiro atoms. The monoisotopic (exact) mass is 502 g/mol. The van der Waals surface area contributed by atoms with Crippen molar-refractivity contribution in [3.63, 3.8) is 0 Å². The van der Waals surface area contributed by atoms with Gasteiger partial charge in [-0.05, 0) is 49.4 Å². The maximum absolute atomic E-state index is 13.9. The maximum Gasteiger partial charge on any atom is 0.269 e. The number of nitrogens with zero attached hydrogens (tertiary/aromatic N) is 2. The Labute approximate surface area is 203 Å². The van der Waals surface area contributed by atoms with Crippen LogP contribution in [0, 0.1) is 10.1 Å². The third-order valence-corrected chi connectivity index (χ3v) is 7.38. The predicted molar refractivity (Wildman–Crippen MR) is 130 cm³/mol. The zero-order valence-electron chi connectivity index (χ0n) is 19.9. The lowest BCUT2D eigenvalue weighted by Crippen LogP contribution is -2.34. The van der Waals surface area contributed by atoms with Crippen molar-refractivity contribution in [2.45, 2.75) is 17.9 Å². The normalized spacial score (nSPS) is 11.9. The number of nitro benzene ring substituents is 1. The molecule has 186 valence electrons. The van der Waals surface area contributed by atoms with Crippen LogP contribution in [-0.2, 0) is 10.0 Å². The quantitative estimate of drug-likeness (QED) is 0.292. The van der Waals surface area contributed by atoms with Crippen LogP contribution >= 0.6 is 0 Å². The van der Waals surface area contributed by atoms with Gasteiger partial charge in [-0.1, -0.05) is 0 Å². The molecular formula is C24H26N2O8S. The molecule has 1 atom stereocenters. The summed E-state index contributed by atoms with van der Waals surface area (Å²) in [5.41, 5.74) is 0.620. The third-order valence-electron chi connectivity index (χ3n) is 5.46. The third kappa shape index (κ3) is 5.09. The number of anilines is 1. The van der Waals surface area contributed by atoms with Gasteiger partial charge in [0, 0.05) is 23.8 Å². The number of benzene rings is 3. The van der Waals surface area contributed by atoms with E-state index in [4.69, 9.17) is 18.9 Å². The van der Waals surface area contributed by atoms with Crippen LogP contribution in [0.15, 0.2) is 65.6 Å². The second-order valence-electron chi connectivity index (χ2n) is 7.38. The van der Waals surface area contributed by atoms with Gasteiger partial charge in [-0.2, -0.15) is 0 Å². The summed E-state index contributed by atoms with van der Waals surface area (Å²) in [6.45, 7) is 1.71. The van der Waals surface area contributed by atoms with Crippen LogP contribution in [0.2, 0.25) is 0 Å². The van der Waals surface area contributed by atoms with E-state index in [0.29, 0.717) is 34.2 Å². The van der Waals surface area contributed by atoms with Crippen LogP contribution in [0.5, 0.6) is 23.0 Å². The fourth-order valence-corrected chi connectivity index (χ4v) is 5.31. The topological polar surface area (TPSA) is 117 Å². The van der Waals surface area contributed by atoms with Gasteiger partial charge in [-0.15, -0.1) is 0 Å². The standard InChI is InChI=1S/C24H26N2O8S/c1-16(21-15-19(31-2)9-13-22(21)32-3)25(18-8-12-23(33-4)24(14-18)34-5)35(29,30)20-10-6-17(7-11-20)26(27)28/h6-16H,1-5H3. The number of ether oxygens (including phenoxy) is 4. The van der Waals surface area contributed by atoms with Crippen molar-refractivity contribution < 1.29 is 32.3 Å². The number of rotatable bonds is 10. The molecule has 0 amide bonds. The van der Waals surface area contributed by atoms with Crippen molar-refractivity contribution in [3.8, 4) is 23.0 Å². The van der Waals surface area contributed by atoms with Gasteiger partial charge in [0.2, 0.25) is 0 Å². The first-order valence-corrected chi connectivity index (χ1v) is 11.8. The fourth-order valence-electron chi connectivity index (χ4n) is 3.68. The highest BCUT2D eigenvalue weighted by Gasteiger charge is 2.33. The number of non-ortho nitro benzene ring substituents is 1. The van der Waals surface area contributed by atoms with E-state index in [-0.39, 0.29) is 10.6 Å². The Kier molecular flexibility index (Phi) is 7.70. The number of nitro groups is 1. The molecule has 3 aromatic rings. The average Bonchev–Trinajstić information content (AvgIpc) is 2.87. The van der Waals surface area contributed by atoms with Gasteiger partial charge in [0.25, 0.3) is 15.7 Å². The molecule has 35 heavy (non-hydrogen) atoms. The lowest BCUT2D eigenvalue weighted by Gasteiger charge is -2.32. The highest BCUT2D eigenvalue weighted by Crippen LogP contribution is 2.41. The Bertz CT molecular complexity index is 1310. The van der Waals surface area contributed by atoms with Crippen LogP contribution in [0.4, 0.5) is 11.4 Å². The van der Waals surface area contributed by atoms with E-state index >= 15 is 0 Å². The maximum atomic E-state index is 13.9. The van der Waals surface area contributed by atoms with E-state index in [0.717, 1.165) is 12.1 Å². The average molecular weight is 503 g/mol. The molecule has 0 heterocycles. The first kappa shape index (κ1) is 25.6. The second-order valence-corrected chi connectivity index (χ2v) is 9.19. The molecule has 11 heteroatoms. The van der Waals surface area contributed by atoms with E-state index in [1.54, 1.807) is 43.3 Å². The van der Waals surface area contributed by atoms with E-state index in [1.165, 1.54) is 44.9 Å². The summed E-state index contributed by atoms with van der Waals surface area (Å²) in [5.74, 6) is 1.74. The molecule has 3 rings (SSSR count). The molecule has 0 radical (unpaired) electrons. The summed E-state index contributed by atoms with van der Waals surface area (Å²) in [4.78, 5) is 10.4. The van der Waals surface area contributed by atoms with Gasteiger partial charge in [0.1, 0.15) is 11.5 Å². The summed E-state index contributed by atoms with van der Waals surface area (Å²) in [6.07, 6.45) is 0. The molecule has 1 unspecified atom stereocenters. The Hall–Kier alpha value is -3.99. The van der Waals surface area contributed by atoms with Crippen molar-refractivity contribution in [1.29, 1.82) is 0 Å². The van der Waals surface area contributed by atoms with Crippen molar-refractivity contribution in [1.82, 2.24) is 0 Å². The largest absolute Gasteiger partial charge is 0.497 e. The van der Waals surface area contributed by atoms with Crippen molar-refractivity contribution >= 4 is 21.4 Å². The van der Waals surface area contributed by atoms with E-state index < -0.39 is 21.0 Å². The molecule has 0 bridgehead atoms. The molecule has 0 aliphatic heterocycles. The molecule has 0 saturated heterocycles. The molecule has 0 saturated carbocycles. The second kappa shape index (κ2) is 10.5. The van der Waals surface area contributed by atoms with Crippen molar-refractivity contribution in [2.24, 2.45) is 0 Å². The molecule has 0 N–H and O–H groups in total. The van der Waals surface area contributed by atoms with Crippen LogP contribution in [0.25, 0.3) is 0 Å². The highest BCUT2D eigenvalue weighted by molar-refractivity contribution is 7.92. The van der Waals surface area contributed by atoms with E-state index in [9.17, 15) is 18.5 Å². The van der Waals surface area contributed by atoms with Crippen molar-refractivity contribution in [2.75, 3.05) is 32.7 Å². The van der Waals surface area contributed by atoms with Gasteiger partial charge in [0.15, 0.2) is 11.5 Å². The number of sulfonamides is 1. The summed E-state index contributed by atoms with van der Waals surface area (Å²) in [6, 6.07) is 13.8. The molecule has 0 aliphatic rings. The number of hydrogen-bond donors (Lipinski definition) is 0. The van der Waals surface area contributed by atoms with Crippen LogP contribution in [0.3, 0.4) is 0 Å². The minimum Gasteiger partial charge on any atom is -0.497 e. The molecule has 0 fully saturated rings. The first-order chi connectivity index (χ1) is 16.7. The Balaban J connectivity index is 2.24. The number of methoxy groups -OCH3 is 4. The van der Waals surface area contributed by atoms with Crippen LogP contribution < -0.4 is 23.3 Å². The minimum atomic E-state index is -4.22. The van der Waals surface area contributed by atoms with Gasteiger partial charge >= 0.3 is 0 Å². The highest BCUT2D eigenvalue weighted by atomic mass is 32.2. The molecule has 0 aliphatic carbocycles. The Morgan fingerprint density at radius 3 is 1.94 bits per heavy atom. The summed E-state index contributed by atoms with van der Waals surface area (Å²) in [7, 11) is 1.71. The van der Waals surface area contributed by atoms with Gasteiger partial charge in [-0.3, -0.25) is 14.4 Å². The number of hydrogen-bond acceptors (Lipinski definition) is 8. The Morgan fingerprint density at radius 2 is 1.40 bits per heavy atom. The van der Waals surface area contributed by atoms with E-state index in [1.807, 2.05) is 0 Å². The summed E-state index contributed by atoms with van der Waals surface area (Å²) >= 11 is 0. The summed E-state index contributed by atoms with van der Waals surface area (Å²) < 4.78 is 50.6. The smallest absolute Gasteiger partial charge is 0.269 e. The minimum absolute atomic E-state index is 0.119. The van der Waals surface area contributed by atoms with E-state index in [2.05, 4.69) is 0 Å². The van der Waals surface area contributed by atoms with Gasteiger partial charge < -0.3 is 18.9 Å². The summed E-state index contributed by atoms with van der Waals surface area (Å²) in [5, 5.41) is 11.1. The van der Waals surface area contributed by atoms with Crippen molar-refractivity contribution in [3.05, 3.63) is 76.3 Å². The molecule has 0 aromatic heterocycles. The molecule has 3 aromatic carbocycles. The lowest BCUT2D eigenvalue weighted by atomic mass is 10.1. The Morgan fingerprint density at radius 1 is 0.800 bits per heavy atom. The first-order valence-electron chi connectivity index (χ1n) is 10.4. The zero-order valence-corrected chi connectivity index (χ0v) is 20.7. The fraction of sp³-hybridized carbons (Fsp3) is 0.250. The predicted octanol–water partition coefficient (Wildman–Crippen LogP) is 4.59. The van der Waals surface area contributed by atoms with Gasteiger partial charge in [-0.25, -0.2) is 8.42 Å². The zero-order chi connectivity index (χ0) is 25.8. The lowest BCUT2D eigenvalue weighted by molar-refractivity contribution is -0.384. The van der Waals surface area contributed by atoms with Gasteiger partial charge in [0.05, 0.1) is 50.0 Å². The molecule has 10 nitrogen and oxygen atoms in total. The molecular weight excluding hydrogens is 476 g/mol. The van der Waals surface area contributed by atoms with Crippen LogP contribution in [-0.4, -0.2) is 41.8 Å². The van der Waals surface area contributed by atoms with Crippen LogP contribution in [0.1, 0.15) is 18.5 Å².